The van der Waals surface area contributed by atoms with E-state index in [-0.39, 0.29) is 28.7 Å². The number of thioether (sulfide) groups is 1. The molecule has 194 valence electrons. The monoisotopic (exact) mass is 576 g/mol. The van der Waals surface area contributed by atoms with Gasteiger partial charge in [0.2, 0.25) is 6.41 Å². The van der Waals surface area contributed by atoms with Crippen LogP contribution in [0.25, 0.3) is 6.08 Å². The minimum absolute atomic E-state index is 0.0240. The van der Waals surface area contributed by atoms with Gasteiger partial charge in [0.15, 0.2) is 0 Å². The van der Waals surface area contributed by atoms with Gasteiger partial charge in [-0.15, -0.1) is 0 Å². The number of hydrogen-bond donors (Lipinski definition) is 4. The van der Waals surface area contributed by atoms with Gasteiger partial charge in [-0.3, -0.25) is 9.32 Å². The Kier molecular flexibility index (Phi) is 10.9. The van der Waals surface area contributed by atoms with Crippen LogP contribution in [0.1, 0.15) is 30.3 Å². The topological polar surface area (TPSA) is 176 Å². The lowest BCUT2D eigenvalue weighted by Crippen LogP contribution is -2.22. The number of anilines is 1. The van der Waals surface area contributed by atoms with E-state index in [2.05, 4.69) is 14.5 Å². The molecule has 0 aliphatic heterocycles. The molecule has 2 aromatic rings. The molecular weight excluding hydrogens is 554 g/mol. The molecule has 5 N–H and O–H groups in total. The summed E-state index contributed by atoms with van der Waals surface area (Å²) in [6.45, 7) is 2.75. The zero-order valence-corrected chi connectivity index (χ0v) is 22.3. The Morgan fingerprint density at radius 1 is 1.31 bits per heavy atom. The molecule has 11 nitrogen and oxygen atoms in total. The van der Waals surface area contributed by atoms with Crippen molar-refractivity contribution in [2.45, 2.75) is 26.8 Å². The average Bonchev–Trinajstić information content (AvgIpc) is 2.78. The summed E-state index contributed by atoms with van der Waals surface area (Å²) < 4.78 is 15.7. The highest BCUT2D eigenvalue weighted by molar-refractivity contribution is 8.07. The van der Waals surface area contributed by atoms with E-state index in [4.69, 9.17) is 38.7 Å². The highest BCUT2D eigenvalue weighted by Crippen LogP contribution is 2.39. The second-order valence-electron chi connectivity index (χ2n) is 7.23. The van der Waals surface area contributed by atoms with Crippen LogP contribution in [-0.4, -0.2) is 48.7 Å². The molecule has 1 aromatic carbocycles. The van der Waals surface area contributed by atoms with E-state index in [1.807, 2.05) is 0 Å². The number of aryl methyl sites for hydroxylation is 1. The average molecular weight is 577 g/mol. The molecule has 1 heterocycles. The number of hydrogen-bond acceptors (Lipinski definition) is 8. The lowest BCUT2D eigenvalue weighted by atomic mass is 10.2. The Hall–Kier alpha value is -2.44. The maximum atomic E-state index is 12.0. The van der Waals surface area contributed by atoms with Crippen molar-refractivity contribution in [3.05, 3.63) is 66.9 Å². The van der Waals surface area contributed by atoms with Crippen molar-refractivity contribution in [1.82, 2.24) is 14.9 Å². The number of nitrogens with zero attached hydrogens (tertiary/aromatic N) is 3. The van der Waals surface area contributed by atoms with Crippen LogP contribution in [0.4, 0.5) is 5.82 Å². The quantitative estimate of drug-likeness (QED) is 0.161. The predicted molar refractivity (Wildman–Crippen MR) is 138 cm³/mol. The maximum Gasteiger partial charge on any atom is 0.469 e. The summed E-state index contributed by atoms with van der Waals surface area (Å²) in [5.74, 6) is -0.654. The van der Waals surface area contributed by atoms with E-state index in [1.54, 1.807) is 19.9 Å². The third-order valence-electron chi connectivity index (χ3n) is 4.59. The number of aliphatic carboxylic acids is 1. The van der Waals surface area contributed by atoms with Gasteiger partial charge in [0.1, 0.15) is 11.6 Å². The molecule has 2 rings (SSSR count). The number of carbonyl (C=O) groups excluding carboxylic acids is 1. The zero-order valence-electron chi connectivity index (χ0n) is 19.1. The third-order valence-corrected chi connectivity index (χ3v) is 7.11. The van der Waals surface area contributed by atoms with Crippen LogP contribution in [0.2, 0.25) is 10.0 Å². The smallest absolute Gasteiger partial charge is 0.469 e. The molecule has 1 amide bonds. The van der Waals surface area contributed by atoms with Crippen molar-refractivity contribution in [1.29, 1.82) is 0 Å². The molecule has 0 unspecified atom stereocenters. The first-order valence-corrected chi connectivity index (χ1v) is 13.2. The van der Waals surface area contributed by atoms with Crippen molar-refractivity contribution >= 4 is 67.1 Å². The number of carboxylic acid groups (broad SMARTS) is 1. The van der Waals surface area contributed by atoms with Crippen molar-refractivity contribution in [2.75, 3.05) is 12.3 Å². The molecule has 0 spiro atoms. The number of phosphoric acid groups is 1. The summed E-state index contributed by atoms with van der Waals surface area (Å²) >= 11 is 12.7. The molecule has 0 fully saturated rings. The molecule has 0 bridgehead atoms. The Morgan fingerprint density at radius 3 is 2.56 bits per heavy atom. The number of allylic oxidation sites excluding steroid dienone is 1. The first-order valence-electron chi connectivity index (χ1n) is 10.1. The van der Waals surface area contributed by atoms with Crippen molar-refractivity contribution in [2.24, 2.45) is 0 Å². The van der Waals surface area contributed by atoms with Crippen molar-refractivity contribution < 1.29 is 33.6 Å². The number of phosphoric ester groups is 1. The molecule has 15 heteroatoms. The van der Waals surface area contributed by atoms with Gasteiger partial charge in [0.05, 0.1) is 28.1 Å². The number of nitrogens with two attached hydrogens (primary N) is 1. The Balaban J connectivity index is 2.46. The Morgan fingerprint density at radius 2 is 2.00 bits per heavy atom. The van der Waals surface area contributed by atoms with Crippen molar-refractivity contribution in [3.8, 4) is 0 Å². The van der Waals surface area contributed by atoms with E-state index in [0.717, 1.165) is 11.8 Å². The Bertz CT molecular complexity index is 1250. The van der Waals surface area contributed by atoms with Gasteiger partial charge in [-0.25, -0.2) is 19.3 Å². The van der Waals surface area contributed by atoms with E-state index in [0.29, 0.717) is 39.0 Å². The number of rotatable bonds is 12. The zero-order chi connectivity index (χ0) is 27.0. The number of amides is 1. The van der Waals surface area contributed by atoms with Crippen LogP contribution in [0.3, 0.4) is 0 Å². The SMILES string of the molecule is C/C(=C(\CCOP(=O)(O)O)S/C(=C/c1ccc(Cl)c(Cl)c1)C(=O)O)N(C=O)Cc1cnc(C)nc1N. The largest absolute Gasteiger partial charge is 0.477 e. The lowest BCUT2D eigenvalue weighted by Gasteiger charge is -2.22. The van der Waals surface area contributed by atoms with Gasteiger partial charge < -0.3 is 25.5 Å². The summed E-state index contributed by atoms with van der Waals surface area (Å²) in [5, 5.41) is 10.3. The van der Waals surface area contributed by atoms with Crippen LogP contribution in [0.5, 0.6) is 0 Å². The summed E-state index contributed by atoms with van der Waals surface area (Å²) in [5.41, 5.74) is 7.14. The second-order valence-corrected chi connectivity index (χ2v) is 10.4. The summed E-state index contributed by atoms with van der Waals surface area (Å²) in [7, 11) is -4.77. The van der Waals surface area contributed by atoms with Gasteiger partial charge >= 0.3 is 13.8 Å². The highest BCUT2D eigenvalue weighted by atomic mass is 35.5. The van der Waals surface area contributed by atoms with Gasteiger partial charge in [-0.05, 0) is 37.6 Å². The summed E-state index contributed by atoms with van der Waals surface area (Å²) in [6.07, 6.45) is 3.22. The first-order chi connectivity index (χ1) is 16.8. The van der Waals surface area contributed by atoms with E-state index >= 15 is 0 Å². The fraction of sp³-hybridized carbons (Fsp3) is 0.238. The van der Waals surface area contributed by atoms with Crippen LogP contribution in [0.15, 0.2) is 39.9 Å². The predicted octanol–water partition coefficient (Wildman–Crippen LogP) is 4.22. The number of benzene rings is 1. The number of nitrogen functional groups attached to an aromatic ring is 1. The maximum absolute atomic E-state index is 12.0. The molecule has 0 aliphatic rings. The molecule has 0 saturated carbocycles. The number of aromatic nitrogens is 2. The Labute approximate surface area is 221 Å². The molecule has 0 saturated heterocycles. The van der Waals surface area contributed by atoms with E-state index in [1.165, 1.54) is 29.3 Å². The molecule has 36 heavy (non-hydrogen) atoms. The summed E-state index contributed by atoms with van der Waals surface area (Å²) in [4.78, 5) is 51.5. The third kappa shape index (κ3) is 9.21. The van der Waals surface area contributed by atoms with E-state index in [9.17, 15) is 19.3 Å². The van der Waals surface area contributed by atoms with Crippen LogP contribution < -0.4 is 5.73 Å². The van der Waals surface area contributed by atoms with Gasteiger partial charge in [0, 0.05) is 28.8 Å². The van der Waals surface area contributed by atoms with Crippen LogP contribution >= 0.6 is 42.8 Å². The molecule has 1 aromatic heterocycles. The molecule has 0 atom stereocenters. The van der Waals surface area contributed by atoms with Crippen LogP contribution in [-0.2, 0) is 25.2 Å². The van der Waals surface area contributed by atoms with E-state index < -0.39 is 20.4 Å². The summed E-state index contributed by atoms with van der Waals surface area (Å²) in [6, 6.07) is 4.57. The highest BCUT2D eigenvalue weighted by Gasteiger charge is 2.20. The number of carbonyl (C=O) groups is 2. The minimum atomic E-state index is -4.77. The fourth-order valence-electron chi connectivity index (χ4n) is 2.80. The minimum Gasteiger partial charge on any atom is -0.477 e. The van der Waals surface area contributed by atoms with Crippen LogP contribution in [0, 0.1) is 6.92 Å². The molecular formula is C21H23Cl2N4O7PS. The van der Waals surface area contributed by atoms with Gasteiger partial charge in [0.25, 0.3) is 0 Å². The standard InChI is InChI=1S/C21H23Cl2N4O7PS/c1-12(27(11-28)10-15-9-25-13(2)26-20(15)24)18(5-6-34-35(31,32)33)36-19(21(29)30)8-14-3-4-16(22)17(23)7-14/h3-4,7-9,11H,5-6,10H2,1-2H3,(H,29,30)(H2,24,25,26)(H2,31,32,33)/b18-12-,19-8+. The first kappa shape index (κ1) is 29.8. The normalized spacial score (nSPS) is 12.8. The fourth-order valence-corrected chi connectivity index (χ4v) is 4.43. The molecule has 0 radical (unpaired) electrons. The van der Waals surface area contributed by atoms with Gasteiger partial charge in [-0.1, -0.05) is 41.0 Å². The number of carboxylic acids is 1. The van der Waals surface area contributed by atoms with Gasteiger partial charge in [-0.2, -0.15) is 0 Å². The second kappa shape index (κ2) is 13.2. The lowest BCUT2D eigenvalue weighted by molar-refractivity contribution is -0.131. The number of halogens is 2. The van der Waals surface area contributed by atoms with Crippen molar-refractivity contribution in [3.63, 3.8) is 0 Å². The molecule has 0 aliphatic carbocycles.